The van der Waals surface area contributed by atoms with Crippen LogP contribution in [0, 0.1) is 0 Å². The van der Waals surface area contributed by atoms with Crippen LogP contribution in [0.2, 0.25) is 0 Å². The Bertz CT molecular complexity index is 1410. The highest BCUT2D eigenvalue weighted by molar-refractivity contribution is 7.92. The topological polar surface area (TPSA) is 124 Å². The average molecular weight is 465 g/mol. The fourth-order valence-corrected chi connectivity index (χ4v) is 4.03. The summed E-state index contributed by atoms with van der Waals surface area (Å²) in [6.07, 6.45) is 0.997. The zero-order valence-electron chi connectivity index (χ0n) is 17.5. The number of amides is 1. The van der Waals surface area contributed by atoms with Crippen molar-refractivity contribution in [3.8, 4) is 17.4 Å². The van der Waals surface area contributed by atoms with E-state index in [1.54, 1.807) is 48.5 Å². The van der Waals surface area contributed by atoms with Crippen molar-refractivity contribution in [1.29, 1.82) is 0 Å². The highest BCUT2D eigenvalue weighted by Crippen LogP contribution is 2.35. The molecule has 0 aliphatic heterocycles. The Kier molecular flexibility index (Phi) is 6.09. The predicted octanol–water partition coefficient (Wildman–Crippen LogP) is 4.74. The first-order valence-electron chi connectivity index (χ1n) is 9.86. The number of azo groups is 1. The van der Waals surface area contributed by atoms with Gasteiger partial charge >= 0.3 is 0 Å². The maximum Gasteiger partial charge on any atom is 0.285 e. The van der Waals surface area contributed by atoms with Gasteiger partial charge in [0.25, 0.3) is 5.91 Å². The maximum absolute atomic E-state index is 12.4. The molecule has 0 spiro atoms. The second-order valence-corrected chi connectivity index (χ2v) is 9.05. The van der Waals surface area contributed by atoms with Crippen molar-refractivity contribution in [1.82, 2.24) is 4.98 Å². The van der Waals surface area contributed by atoms with Crippen LogP contribution in [0.5, 0.6) is 17.4 Å². The number of ether oxygens (including phenoxy) is 1. The molecule has 10 heteroatoms. The van der Waals surface area contributed by atoms with Gasteiger partial charge in [0.05, 0.1) is 17.5 Å². The fraction of sp³-hybridized carbons (Fsp3) is 0.0870. The number of aromatic nitrogens is 1. The number of hydrogen-bond donors (Lipinski definition) is 2. The third-order valence-corrected chi connectivity index (χ3v) is 5.84. The number of aromatic amines is 1. The minimum absolute atomic E-state index is 0.104. The highest BCUT2D eigenvalue weighted by Gasteiger charge is 2.21. The van der Waals surface area contributed by atoms with Crippen LogP contribution in [0.15, 0.2) is 89.1 Å². The van der Waals surface area contributed by atoms with Gasteiger partial charge < -0.3 is 14.8 Å². The molecule has 0 unspecified atom stereocenters. The number of hydrogen-bond acceptors (Lipinski definition) is 6. The van der Waals surface area contributed by atoms with Crippen molar-refractivity contribution in [2.75, 3.05) is 17.1 Å². The van der Waals surface area contributed by atoms with E-state index in [9.17, 15) is 18.3 Å². The molecule has 1 amide bonds. The lowest BCUT2D eigenvalue weighted by Gasteiger charge is -2.20. The smallest absolute Gasteiger partial charge is 0.285 e. The Labute approximate surface area is 190 Å². The molecule has 9 nitrogen and oxygen atoms in total. The highest BCUT2D eigenvalue weighted by atomic mass is 32.2. The summed E-state index contributed by atoms with van der Waals surface area (Å²) in [5.41, 5.74) is 1.01. The zero-order chi connectivity index (χ0) is 23.4. The standard InChI is InChI=1S/C23H20N4O5S/c1-33(30,31)27(16-11-13-18(14-12-16)32-17-7-3-2-4-8-17)15-21(28)25-26-22-19-9-5-6-10-20(19)24-23(22)29/h2-14,24,29H,15H2,1H3. The van der Waals surface area contributed by atoms with Gasteiger partial charge in [-0.2, -0.15) is 0 Å². The van der Waals surface area contributed by atoms with Gasteiger partial charge in [0.1, 0.15) is 18.0 Å². The molecule has 0 saturated heterocycles. The molecule has 1 aromatic heterocycles. The van der Waals surface area contributed by atoms with E-state index in [1.165, 1.54) is 12.1 Å². The number of benzene rings is 3. The molecule has 1 heterocycles. The van der Waals surface area contributed by atoms with Gasteiger partial charge in [-0.05, 0) is 42.5 Å². The van der Waals surface area contributed by atoms with E-state index in [0.717, 1.165) is 10.6 Å². The lowest BCUT2D eigenvalue weighted by molar-refractivity contribution is -0.116. The van der Waals surface area contributed by atoms with Gasteiger partial charge in [0.15, 0.2) is 5.69 Å². The summed E-state index contributed by atoms with van der Waals surface area (Å²) in [5, 5.41) is 18.1. The molecule has 0 bridgehead atoms. The number of H-pyrrole nitrogens is 1. The average Bonchev–Trinajstić information content (AvgIpc) is 3.11. The number of aromatic hydroxyl groups is 1. The second-order valence-electron chi connectivity index (χ2n) is 7.14. The van der Waals surface area contributed by atoms with E-state index in [1.807, 2.05) is 18.2 Å². The SMILES string of the molecule is CS(=O)(=O)N(CC(=O)N=Nc1c(O)[nH]c2ccccc12)c1ccc(Oc2ccccc2)cc1. The van der Waals surface area contributed by atoms with Crippen molar-refractivity contribution < 1.29 is 23.1 Å². The summed E-state index contributed by atoms with van der Waals surface area (Å²) in [4.78, 5) is 15.2. The summed E-state index contributed by atoms with van der Waals surface area (Å²) in [6.45, 7) is -0.551. The van der Waals surface area contributed by atoms with E-state index in [4.69, 9.17) is 4.74 Å². The molecule has 168 valence electrons. The van der Waals surface area contributed by atoms with E-state index in [-0.39, 0.29) is 17.3 Å². The molecular weight excluding hydrogens is 444 g/mol. The van der Waals surface area contributed by atoms with Gasteiger partial charge in [-0.15, -0.1) is 10.2 Å². The lowest BCUT2D eigenvalue weighted by atomic mass is 10.2. The van der Waals surface area contributed by atoms with Gasteiger partial charge in [0, 0.05) is 5.39 Å². The van der Waals surface area contributed by atoms with E-state index in [0.29, 0.717) is 22.4 Å². The first-order chi connectivity index (χ1) is 15.8. The Balaban J connectivity index is 1.51. The fourth-order valence-electron chi connectivity index (χ4n) is 3.18. The van der Waals surface area contributed by atoms with Gasteiger partial charge in [-0.25, -0.2) is 8.42 Å². The quantitative estimate of drug-likeness (QED) is 0.382. The van der Waals surface area contributed by atoms with Crippen molar-refractivity contribution in [3.63, 3.8) is 0 Å². The summed E-state index contributed by atoms with van der Waals surface area (Å²) in [6, 6.07) is 22.4. The van der Waals surface area contributed by atoms with E-state index in [2.05, 4.69) is 15.2 Å². The number of anilines is 1. The molecular formula is C23H20N4O5S. The van der Waals surface area contributed by atoms with Gasteiger partial charge in [0.2, 0.25) is 15.9 Å². The molecule has 0 saturated carbocycles. The number of fused-ring (bicyclic) bond motifs is 1. The molecule has 0 fully saturated rings. The molecule has 0 radical (unpaired) electrons. The van der Waals surface area contributed by atoms with E-state index < -0.39 is 22.5 Å². The van der Waals surface area contributed by atoms with Gasteiger partial charge in [-0.1, -0.05) is 36.4 Å². The molecule has 0 atom stereocenters. The Morgan fingerprint density at radius 3 is 2.30 bits per heavy atom. The Morgan fingerprint density at radius 2 is 1.61 bits per heavy atom. The summed E-state index contributed by atoms with van der Waals surface area (Å²) >= 11 is 0. The predicted molar refractivity (Wildman–Crippen MR) is 125 cm³/mol. The van der Waals surface area contributed by atoms with Crippen molar-refractivity contribution in [3.05, 3.63) is 78.9 Å². The lowest BCUT2D eigenvalue weighted by Crippen LogP contribution is -2.34. The minimum atomic E-state index is -3.79. The number of carbonyl (C=O) groups excluding carboxylic acids is 1. The second kappa shape index (κ2) is 9.13. The molecule has 33 heavy (non-hydrogen) atoms. The van der Waals surface area contributed by atoms with Crippen molar-refractivity contribution in [2.24, 2.45) is 10.2 Å². The van der Waals surface area contributed by atoms with Crippen LogP contribution >= 0.6 is 0 Å². The largest absolute Gasteiger partial charge is 0.493 e. The van der Waals surface area contributed by atoms with Crippen LogP contribution in [-0.2, 0) is 14.8 Å². The summed E-state index contributed by atoms with van der Waals surface area (Å²) < 4.78 is 31.3. The number of nitrogens with zero attached hydrogens (tertiary/aromatic N) is 3. The number of para-hydroxylation sites is 2. The maximum atomic E-state index is 12.4. The number of rotatable bonds is 7. The monoisotopic (exact) mass is 464 g/mol. The Hall–Kier alpha value is -4.18. The molecule has 2 N–H and O–H groups in total. The molecule has 4 rings (SSSR count). The van der Waals surface area contributed by atoms with Crippen molar-refractivity contribution in [2.45, 2.75) is 0 Å². The first kappa shape index (κ1) is 22.0. The number of sulfonamides is 1. The number of nitrogens with one attached hydrogen (secondary N) is 1. The normalized spacial score (nSPS) is 11.7. The van der Waals surface area contributed by atoms with Gasteiger partial charge in [-0.3, -0.25) is 9.10 Å². The zero-order valence-corrected chi connectivity index (χ0v) is 18.4. The third kappa shape index (κ3) is 5.18. The van der Waals surface area contributed by atoms with Crippen LogP contribution in [0.3, 0.4) is 0 Å². The molecule has 4 aromatic rings. The van der Waals surface area contributed by atoms with Crippen LogP contribution in [0.4, 0.5) is 11.4 Å². The molecule has 0 aliphatic carbocycles. The van der Waals surface area contributed by atoms with Crippen LogP contribution in [0.1, 0.15) is 0 Å². The van der Waals surface area contributed by atoms with Crippen LogP contribution < -0.4 is 9.04 Å². The summed E-state index contributed by atoms with van der Waals surface area (Å²) in [5.74, 6) is 0.122. The van der Waals surface area contributed by atoms with Crippen molar-refractivity contribution >= 4 is 38.2 Å². The van der Waals surface area contributed by atoms with Crippen LogP contribution in [-0.4, -0.2) is 37.2 Å². The minimum Gasteiger partial charge on any atom is -0.493 e. The number of carbonyl (C=O) groups is 1. The Morgan fingerprint density at radius 1 is 0.970 bits per heavy atom. The van der Waals surface area contributed by atoms with E-state index >= 15 is 0 Å². The van der Waals surface area contributed by atoms with Crippen LogP contribution in [0.25, 0.3) is 10.9 Å². The molecule has 0 aliphatic rings. The first-order valence-corrected chi connectivity index (χ1v) is 11.7. The molecule has 3 aromatic carbocycles. The third-order valence-electron chi connectivity index (χ3n) is 4.70. The summed E-state index contributed by atoms with van der Waals surface area (Å²) in [7, 11) is -3.79.